The number of halogens is 1. The fourth-order valence-corrected chi connectivity index (χ4v) is 4.30. The fourth-order valence-electron chi connectivity index (χ4n) is 2.30. The lowest BCUT2D eigenvalue weighted by Crippen LogP contribution is -2.54. The van der Waals surface area contributed by atoms with Crippen molar-refractivity contribution in [2.45, 2.75) is 30.7 Å². The van der Waals surface area contributed by atoms with Crippen molar-refractivity contribution in [2.75, 3.05) is 11.5 Å². The van der Waals surface area contributed by atoms with Gasteiger partial charge in [0, 0.05) is 11.7 Å². The maximum absolute atomic E-state index is 12.3. The van der Waals surface area contributed by atoms with E-state index in [0.29, 0.717) is 22.6 Å². The average molecular weight is 360 g/mol. The van der Waals surface area contributed by atoms with E-state index in [1.807, 2.05) is 0 Å². The van der Waals surface area contributed by atoms with E-state index in [9.17, 15) is 14.7 Å². The molecule has 0 aromatic carbocycles. The summed E-state index contributed by atoms with van der Waals surface area (Å²) in [4.78, 5) is 23.7. The number of aliphatic carboxylic acids is 1. The Balaban J connectivity index is 1.80. The lowest BCUT2D eigenvalue weighted by molar-refractivity contribution is -0.143. The molecule has 1 aliphatic heterocycles. The molecule has 20 heavy (non-hydrogen) atoms. The number of carboxylic acids is 1. The van der Waals surface area contributed by atoms with Gasteiger partial charge in [0.15, 0.2) is 5.69 Å². The number of H-pyrrole nitrogens is 1. The van der Waals surface area contributed by atoms with Crippen molar-refractivity contribution in [2.24, 2.45) is 0 Å². The molecule has 1 aromatic heterocycles. The Bertz CT molecular complexity index is 564. The van der Waals surface area contributed by atoms with Crippen LogP contribution in [0.5, 0.6) is 0 Å². The van der Waals surface area contributed by atoms with E-state index in [4.69, 9.17) is 0 Å². The Hall–Kier alpha value is -1.02. The van der Waals surface area contributed by atoms with Crippen molar-refractivity contribution in [1.29, 1.82) is 0 Å². The van der Waals surface area contributed by atoms with Gasteiger partial charge in [-0.05, 0) is 40.9 Å². The van der Waals surface area contributed by atoms with E-state index in [1.165, 1.54) is 11.8 Å². The minimum Gasteiger partial charge on any atom is -0.479 e. The van der Waals surface area contributed by atoms with Crippen LogP contribution in [0, 0.1) is 0 Å². The molecule has 1 saturated heterocycles. The molecule has 1 saturated carbocycles. The van der Waals surface area contributed by atoms with Gasteiger partial charge in [0.1, 0.15) is 5.54 Å². The SMILES string of the molecule is O=C(NC1(C(=O)O)CCSC1)c1n[nH]c(C2CC2)c1Br. The van der Waals surface area contributed by atoms with Crippen molar-refractivity contribution in [3.8, 4) is 0 Å². The zero-order valence-corrected chi connectivity index (χ0v) is 13.0. The first-order chi connectivity index (χ1) is 9.53. The Morgan fingerprint density at radius 3 is 2.80 bits per heavy atom. The Morgan fingerprint density at radius 1 is 1.50 bits per heavy atom. The van der Waals surface area contributed by atoms with Gasteiger partial charge >= 0.3 is 5.97 Å². The molecule has 8 heteroatoms. The molecule has 6 nitrogen and oxygen atoms in total. The summed E-state index contributed by atoms with van der Waals surface area (Å²) in [7, 11) is 0. The molecule has 1 unspecified atom stereocenters. The van der Waals surface area contributed by atoms with E-state index in [1.54, 1.807) is 0 Å². The number of nitrogens with zero attached hydrogens (tertiary/aromatic N) is 1. The standard InChI is InChI=1S/C12H14BrN3O3S/c13-7-8(6-1-2-6)15-16-9(7)10(17)14-12(11(18)19)3-4-20-5-12/h6H,1-5H2,(H,14,17)(H,15,16)(H,18,19). The Morgan fingerprint density at radius 2 is 2.25 bits per heavy atom. The number of thioether (sulfide) groups is 1. The number of hydrogen-bond acceptors (Lipinski definition) is 4. The second-order valence-corrected chi connectivity index (χ2v) is 7.12. The third-order valence-electron chi connectivity index (χ3n) is 3.72. The van der Waals surface area contributed by atoms with Gasteiger partial charge in [-0.2, -0.15) is 16.9 Å². The summed E-state index contributed by atoms with van der Waals surface area (Å²) >= 11 is 4.92. The van der Waals surface area contributed by atoms with Crippen LogP contribution < -0.4 is 5.32 Å². The van der Waals surface area contributed by atoms with Crippen LogP contribution in [0.25, 0.3) is 0 Å². The zero-order chi connectivity index (χ0) is 14.3. The summed E-state index contributed by atoms with van der Waals surface area (Å²) in [5, 5.41) is 18.9. The predicted molar refractivity (Wildman–Crippen MR) is 78.0 cm³/mol. The number of amides is 1. The van der Waals surface area contributed by atoms with Gasteiger partial charge in [-0.1, -0.05) is 0 Å². The smallest absolute Gasteiger partial charge is 0.330 e. The minimum atomic E-state index is -1.17. The van der Waals surface area contributed by atoms with Crippen LogP contribution in [0.3, 0.4) is 0 Å². The number of aromatic amines is 1. The molecule has 0 bridgehead atoms. The first kappa shape index (κ1) is 13.9. The van der Waals surface area contributed by atoms with Crippen molar-refractivity contribution >= 4 is 39.6 Å². The van der Waals surface area contributed by atoms with Crippen LogP contribution in [0.4, 0.5) is 0 Å². The molecule has 1 amide bonds. The summed E-state index contributed by atoms with van der Waals surface area (Å²) < 4.78 is 0.656. The van der Waals surface area contributed by atoms with Crippen molar-refractivity contribution in [3.05, 3.63) is 15.9 Å². The summed E-state index contributed by atoms with van der Waals surface area (Å²) in [5.74, 6) is 0.150. The number of aromatic nitrogens is 2. The van der Waals surface area contributed by atoms with E-state index in [2.05, 4.69) is 31.4 Å². The summed E-state index contributed by atoms with van der Waals surface area (Å²) in [6, 6.07) is 0. The van der Waals surface area contributed by atoms with Gasteiger partial charge in [0.25, 0.3) is 5.91 Å². The maximum Gasteiger partial charge on any atom is 0.330 e. The molecule has 2 heterocycles. The first-order valence-corrected chi connectivity index (χ1v) is 8.36. The molecule has 3 N–H and O–H groups in total. The second-order valence-electron chi connectivity index (χ2n) is 5.22. The Labute approximate surface area is 128 Å². The highest BCUT2D eigenvalue weighted by atomic mass is 79.9. The van der Waals surface area contributed by atoms with Crippen molar-refractivity contribution < 1.29 is 14.7 Å². The molecular formula is C12H14BrN3O3S. The van der Waals surface area contributed by atoms with E-state index in [0.717, 1.165) is 24.3 Å². The summed E-state index contributed by atoms with van der Waals surface area (Å²) in [6.07, 6.45) is 2.63. The third kappa shape index (κ3) is 2.35. The van der Waals surface area contributed by atoms with Crippen molar-refractivity contribution in [1.82, 2.24) is 15.5 Å². The van der Waals surface area contributed by atoms with Gasteiger partial charge in [-0.25, -0.2) is 4.79 Å². The van der Waals surface area contributed by atoms with Gasteiger partial charge in [-0.15, -0.1) is 0 Å². The van der Waals surface area contributed by atoms with Crippen LogP contribution in [-0.2, 0) is 4.79 Å². The third-order valence-corrected chi connectivity index (χ3v) is 5.71. The van der Waals surface area contributed by atoms with Gasteiger partial charge in [0.05, 0.1) is 10.2 Å². The number of carboxylic acid groups (broad SMARTS) is 1. The maximum atomic E-state index is 12.3. The molecule has 3 rings (SSSR count). The monoisotopic (exact) mass is 359 g/mol. The molecule has 0 radical (unpaired) electrons. The summed E-state index contributed by atoms with van der Waals surface area (Å²) in [6.45, 7) is 0. The number of nitrogens with one attached hydrogen (secondary N) is 2. The lowest BCUT2D eigenvalue weighted by Gasteiger charge is -2.24. The largest absolute Gasteiger partial charge is 0.479 e. The van der Waals surface area contributed by atoms with Gasteiger partial charge < -0.3 is 10.4 Å². The van der Waals surface area contributed by atoms with Crippen LogP contribution in [0.15, 0.2) is 4.47 Å². The second kappa shape index (κ2) is 5.07. The van der Waals surface area contributed by atoms with E-state index in [-0.39, 0.29) is 5.69 Å². The number of carbonyl (C=O) groups is 2. The molecule has 2 fully saturated rings. The van der Waals surface area contributed by atoms with Crippen LogP contribution >= 0.6 is 27.7 Å². The highest BCUT2D eigenvalue weighted by molar-refractivity contribution is 9.10. The van der Waals surface area contributed by atoms with Crippen molar-refractivity contribution in [3.63, 3.8) is 0 Å². The van der Waals surface area contributed by atoms with Crippen LogP contribution in [-0.4, -0.2) is 44.2 Å². The quantitative estimate of drug-likeness (QED) is 0.760. The molecule has 2 aliphatic rings. The zero-order valence-electron chi connectivity index (χ0n) is 10.6. The molecule has 0 spiro atoms. The normalized spacial score (nSPS) is 25.6. The average Bonchev–Trinajstić information content (AvgIpc) is 2.99. The lowest BCUT2D eigenvalue weighted by atomic mass is 9.99. The number of hydrogen-bond donors (Lipinski definition) is 3. The molecule has 1 aliphatic carbocycles. The minimum absolute atomic E-state index is 0.240. The van der Waals surface area contributed by atoms with Gasteiger partial charge in [-0.3, -0.25) is 9.89 Å². The molecular weight excluding hydrogens is 346 g/mol. The Kier molecular flexibility index (Phi) is 3.53. The fraction of sp³-hybridized carbons (Fsp3) is 0.583. The molecule has 108 valence electrons. The van der Waals surface area contributed by atoms with E-state index >= 15 is 0 Å². The van der Waals surface area contributed by atoms with Gasteiger partial charge in [0.2, 0.25) is 0 Å². The van der Waals surface area contributed by atoms with Crippen LogP contribution in [0.2, 0.25) is 0 Å². The summed E-state index contributed by atoms with van der Waals surface area (Å²) in [5.41, 5.74) is 0.00428. The highest BCUT2D eigenvalue weighted by Crippen LogP contribution is 2.43. The van der Waals surface area contributed by atoms with Crippen LogP contribution in [0.1, 0.15) is 41.4 Å². The molecule has 1 atom stereocenters. The molecule has 1 aromatic rings. The first-order valence-electron chi connectivity index (χ1n) is 6.41. The van der Waals surface area contributed by atoms with E-state index < -0.39 is 17.4 Å². The predicted octanol–water partition coefficient (Wildman–Crippen LogP) is 1.74. The topological polar surface area (TPSA) is 95.1 Å². The number of carbonyl (C=O) groups excluding carboxylic acids is 1. The number of rotatable bonds is 4. The highest BCUT2D eigenvalue weighted by Gasteiger charge is 2.44.